The van der Waals surface area contributed by atoms with E-state index in [9.17, 15) is 0 Å². The molecule has 0 unspecified atom stereocenters. The van der Waals surface area contributed by atoms with Gasteiger partial charge in [-0.15, -0.1) is 0 Å². The highest BCUT2D eigenvalue weighted by Crippen LogP contribution is 2.17. The van der Waals surface area contributed by atoms with Gasteiger partial charge in [0.15, 0.2) is 0 Å². The quantitative estimate of drug-likeness (QED) is 0.405. The van der Waals surface area contributed by atoms with Crippen molar-refractivity contribution in [1.29, 1.82) is 0 Å². The summed E-state index contributed by atoms with van der Waals surface area (Å²) in [5.74, 6) is 0. The summed E-state index contributed by atoms with van der Waals surface area (Å²) >= 11 is 0. The van der Waals surface area contributed by atoms with Crippen molar-refractivity contribution >= 4 is 0 Å². The number of hydrogen-bond acceptors (Lipinski definition) is 3. The van der Waals surface area contributed by atoms with Gasteiger partial charge in [0.1, 0.15) is 0 Å². The number of rotatable bonds is 12. The molecule has 0 atom stereocenters. The van der Waals surface area contributed by atoms with Crippen LogP contribution in [0.25, 0.3) is 0 Å². The van der Waals surface area contributed by atoms with E-state index in [0.29, 0.717) is 0 Å². The standard InChI is InChI=1S/C28H41N3/c1-6-13-25(16-10-11-21-29(2)3)22-31(23-26-14-8-7-9-15-26)24-27-17-12-18-28(20-19-27)30(4)5/h7-10,12-17,19-20H,6,11,18,21-24H2,1-5H3/b16-10-,25-13+. The Morgan fingerprint density at radius 3 is 2.45 bits per heavy atom. The van der Waals surface area contributed by atoms with E-state index in [-0.39, 0.29) is 0 Å². The molecule has 0 heterocycles. The molecule has 168 valence electrons. The Bertz CT molecular complexity index is 795. The van der Waals surface area contributed by atoms with Crippen molar-refractivity contribution in [2.75, 3.05) is 47.8 Å². The Morgan fingerprint density at radius 1 is 1.00 bits per heavy atom. The van der Waals surface area contributed by atoms with Gasteiger partial charge in [-0.05, 0) is 49.7 Å². The van der Waals surface area contributed by atoms with Gasteiger partial charge in [-0.1, -0.05) is 73.7 Å². The molecule has 1 aromatic carbocycles. The van der Waals surface area contributed by atoms with E-state index < -0.39 is 0 Å². The Hall–Kier alpha value is -2.36. The van der Waals surface area contributed by atoms with E-state index in [1.54, 1.807) is 0 Å². The van der Waals surface area contributed by atoms with Crippen molar-refractivity contribution < 1.29 is 0 Å². The van der Waals surface area contributed by atoms with Crippen LogP contribution in [0.4, 0.5) is 0 Å². The van der Waals surface area contributed by atoms with Crippen molar-refractivity contribution in [2.24, 2.45) is 0 Å². The van der Waals surface area contributed by atoms with E-state index in [0.717, 1.165) is 45.4 Å². The highest BCUT2D eigenvalue weighted by molar-refractivity contribution is 5.32. The lowest BCUT2D eigenvalue weighted by molar-refractivity contribution is 0.317. The Kier molecular flexibility index (Phi) is 11.1. The van der Waals surface area contributed by atoms with Crippen LogP contribution in [0.15, 0.2) is 89.7 Å². The smallest absolute Gasteiger partial charge is 0.0240 e. The molecule has 0 amide bonds. The Morgan fingerprint density at radius 2 is 1.77 bits per heavy atom. The van der Waals surface area contributed by atoms with Gasteiger partial charge >= 0.3 is 0 Å². The van der Waals surface area contributed by atoms with Crippen molar-refractivity contribution in [3.63, 3.8) is 0 Å². The van der Waals surface area contributed by atoms with Gasteiger partial charge in [-0.25, -0.2) is 0 Å². The maximum absolute atomic E-state index is 2.55. The third kappa shape index (κ3) is 9.99. The van der Waals surface area contributed by atoms with Crippen LogP contribution in [0.2, 0.25) is 0 Å². The molecule has 0 saturated carbocycles. The molecular weight excluding hydrogens is 378 g/mol. The molecule has 0 aliphatic heterocycles. The number of nitrogens with zero attached hydrogens (tertiary/aromatic N) is 3. The SMILES string of the molecule is CC/C=C(\C=C/CCN(C)C)CN(CC1=CC=C(N(C)C)CC=C1)Cc1ccccc1. The molecule has 1 aliphatic carbocycles. The van der Waals surface area contributed by atoms with Crippen LogP contribution < -0.4 is 0 Å². The molecule has 0 aromatic heterocycles. The molecule has 0 fully saturated rings. The summed E-state index contributed by atoms with van der Waals surface area (Å²) in [6.07, 6.45) is 19.3. The van der Waals surface area contributed by atoms with Gasteiger partial charge in [0, 0.05) is 52.4 Å². The van der Waals surface area contributed by atoms with Gasteiger partial charge in [0.05, 0.1) is 0 Å². The first-order chi connectivity index (χ1) is 15.0. The van der Waals surface area contributed by atoms with Crippen molar-refractivity contribution in [3.05, 3.63) is 95.3 Å². The van der Waals surface area contributed by atoms with Crippen LogP contribution in [0, 0.1) is 0 Å². The van der Waals surface area contributed by atoms with Gasteiger partial charge in [0.25, 0.3) is 0 Å². The van der Waals surface area contributed by atoms with Gasteiger partial charge in [-0.3, -0.25) is 4.90 Å². The molecule has 1 aliphatic rings. The molecular formula is C28H41N3. The van der Waals surface area contributed by atoms with Crippen molar-refractivity contribution in [3.8, 4) is 0 Å². The zero-order chi connectivity index (χ0) is 22.5. The number of hydrogen-bond donors (Lipinski definition) is 0. The van der Waals surface area contributed by atoms with Crippen LogP contribution in [0.3, 0.4) is 0 Å². The molecule has 0 N–H and O–H groups in total. The Balaban J connectivity index is 2.16. The highest BCUT2D eigenvalue weighted by Gasteiger charge is 2.11. The largest absolute Gasteiger partial charge is 0.381 e. The lowest BCUT2D eigenvalue weighted by Crippen LogP contribution is -2.27. The summed E-state index contributed by atoms with van der Waals surface area (Å²) in [5, 5.41) is 0. The molecule has 0 saturated heterocycles. The zero-order valence-corrected chi connectivity index (χ0v) is 20.2. The predicted octanol–water partition coefficient (Wildman–Crippen LogP) is 5.66. The maximum atomic E-state index is 2.55. The second-order valence-electron chi connectivity index (χ2n) is 8.71. The maximum Gasteiger partial charge on any atom is 0.0240 e. The zero-order valence-electron chi connectivity index (χ0n) is 20.2. The normalized spacial score (nSPS) is 14.9. The summed E-state index contributed by atoms with van der Waals surface area (Å²) in [7, 11) is 8.49. The third-order valence-corrected chi connectivity index (χ3v) is 5.33. The second kappa shape index (κ2) is 13.8. The summed E-state index contributed by atoms with van der Waals surface area (Å²) in [5.41, 5.74) is 5.47. The minimum absolute atomic E-state index is 0.940. The number of benzene rings is 1. The van der Waals surface area contributed by atoms with E-state index >= 15 is 0 Å². The monoisotopic (exact) mass is 419 g/mol. The lowest BCUT2D eigenvalue weighted by Gasteiger charge is -2.24. The third-order valence-electron chi connectivity index (χ3n) is 5.33. The molecule has 31 heavy (non-hydrogen) atoms. The fourth-order valence-electron chi connectivity index (χ4n) is 3.64. The average Bonchev–Trinajstić information content (AvgIpc) is 2.97. The number of allylic oxidation sites excluding steroid dienone is 4. The van der Waals surface area contributed by atoms with Crippen LogP contribution in [0.5, 0.6) is 0 Å². The van der Waals surface area contributed by atoms with Crippen molar-refractivity contribution in [2.45, 2.75) is 32.7 Å². The predicted molar refractivity (Wildman–Crippen MR) is 136 cm³/mol. The fraction of sp³-hybridized carbons (Fsp3) is 0.429. The van der Waals surface area contributed by atoms with Crippen LogP contribution in [0.1, 0.15) is 31.7 Å². The van der Waals surface area contributed by atoms with Crippen LogP contribution in [-0.2, 0) is 6.54 Å². The van der Waals surface area contributed by atoms with Crippen LogP contribution >= 0.6 is 0 Å². The minimum atomic E-state index is 0.940. The fourth-order valence-corrected chi connectivity index (χ4v) is 3.64. The first-order valence-corrected chi connectivity index (χ1v) is 11.5. The van der Waals surface area contributed by atoms with Gasteiger partial charge in [-0.2, -0.15) is 0 Å². The average molecular weight is 420 g/mol. The molecule has 0 spiro atoms. The molecule has 3 nitrogen and oxygen atoms in total. The molecule has 2 rings (SSSR count). The second-order valence-corrected chi connectivity index (χ2v) is 8.71. The summed E-state index contributed by atoms with van der Waals surface area (Å²) < 4.78 is 0. The van der Waals surface area contributed by atoms with E-state index in [1.807, 2.05) is 0 Å². The molecule has 3 heteroatoms. The summed E-state index contributed by atoms with van der Waals surface area (Å²) in [6.45, 7) is 6.15. The lowest BCUT2D eigenvalue weighted by atomic mass is 10.1. The van der Waals surface area contributed by atoms with Gasteiger partial charge < -0.3 is 9.80 Å². The van der Waals surface area contributed by atoms with E-state index in [2.05, 4.69) is 123 Å². The molecule has 0 radical (unpaired) electrons. The molecule has 1 aromatic rings. The summed E-state index contributed by atoms with van der Waals surface area (Å²) in [6, 6.07) is 10.8. The van der Waals surface area contributed by atoms with Gasteiger partial charge in [0.2, 0.25) is 0 Å². The van der Waals surface area contributed by atoms with E-state index in [1.165, 1.54) is 22.4 Å². The summed E-state index contributed by atoms with van der Waals surface area (Å²) in [4.78, 5) is 6.99. The first kappa shape index (κ1) is 24.9. The topological polar surface area (TPSA) is 9.72 Å². The van der Waals surface area contributed by atoms with E-state index in [4.69, 9.17) is 0 Å². The molecule has 0 bridgehead atoms. The minimum Gasteiger partial charge on any atom is -0.381 e. The Labute approximate surface area is 190 Å². The van der Waals surface area contributed by atoms with Crippen molar-refractivity contribution in [1.82, 2.24) is 14.7 Å². The first-order valence-electron chi connectivity index (χ1n) is 11.5. The van der Waals surface area contributed by atoms with Crippen LogP contribution in [-0.4, -0.2) is 62.5 Å². The highest BCUT2D eigenvalue weighted by atomic mass is 15.1.